The van der Waals surface area contributed by atoms with Crippen LogP contribution >= 0.6 is 0 Å². The fourth-order valence-electron chi connectivity index (χ4n) is 2.90. The van der Waals surface area contributed by atoms with Crippen LogP contribution in [0.4, 0.5) is 5.69 Å². The van der Waals surface area contributed by atoms with Crippen LogP contribution in [0.15, 0.2) is 54.9 Å². The van der Waals surface area contributed by atoms with Crippen LogP contribution < -0.4 is 4.90 Å². The van der Waals surface area contributed by atoms with Gasteiger partial charge in [-0.05, 0) is 42.9 Å². The first kappa shape index (κ1) is 12.2. The Morgan fingerprint density at radius 3 is 2.32 bits per heavy atom. The van der Waals surface area contributed by atoms with Crippen LogP contribution in [0.3, 0.4) is 0 Å². The summed E-state index contributed by atoms with van der Waals surface area (Å²) in [6.07, 6.45) is 7.57. The second-order valence-corrected chi connectivity index (χ2v) is 5.33. The van der Waals surface area contributed by atoms with Gasteiger partial charge in [-0.25, -0.2) is 0 Å². The van der Waals surface area contributed by atoms with Gasteiger partial charge in [0.25, 0.3) is 0 Å². The predicted molar refractivity (Wildman–Crippen MR) is 79.3 cm³/mol. The molecular formula is C17H20N2. The SMILES string of the molecule is c1ccc(CC2CCN(c3ccncc3)CC2)cc1. The van der Waals surface area contributed by atoms with Crippen molar-refractivity contribution in [3.8, 4) is 0 Å². The van der Waals surface area contributed by atoms with Gasteiger partial charge in [-0.1, -0.05) is 30.3 Å². The smallest absolute Gasteiger partial charge is 0.0397 e. The summed E-state index contributed by atoms with van der Waals surface area (Å²) in [5, 5.41) is 0. The molecule has 1 aliphatic heterocycles. The third-order valence-electron chi connectivity index (χ3n) is 4.01. The molecule has 19 heavy (non-hydrogen) atoms. The molecule has 0 radical (unpaired) electrons. The minimum atomic E-state index is 0.834. The highest BCUT2D eigenvalue weighted by Crippen LogP contribution is 2.25. The molecule has 2 nitrogen and oxygen atoms in total. The first-order chi connectivity index (χ1) is 9.42. The number of rotatable bonds is 3. The summed E-state index contributed by atoms with van der Waals surface area (Å²) in [4.78, 5) is 6.56. The standard InChI is InChI=1S/C17H20N2/c1-2-4-15(5-3-1)14-16-8-12-19(13-9-16)17-6-10-18-11-7-17/h1-7,10-11,16H,8-9,12-14H2. The largest absolute Gasteiger partial charge is 0.371 e. The van der Waals surface area contributed by atoms with E-state index >= 15 is 0 Å². The fourth-order valence-corrected chi connectivity index (χ4v) is 2.90. The summed E-state index contributed by atoms with van der Waals surface area (Å²) in [6.45, 7) is 2.34. The molecule has 0 unspecified atom stereocenters. The lowest BCUT2D eigenvalue weighted by atomic mass is 9.90. The summed E-state index contributed by atoms with van der Waals surface area (Å²) in [5.41, 5.74) is 2.79. The van der Waals surface area contributed by atoms with Gasteiger partial charge in [0.2, 0.25) is 0 Å². The number of hydrogen-bond donors (Lipinski definition) is 0. The number of hydrogen-bond acceptors (Lipinski definition) is 2. The van der Waals surface area contributed by atoms with E-state index in [1.807, 2.05) is 12.4 Å². The Hall–Kier alpha value is -1.83. The van der Waals surface area contributed by atoms with E-state index in [9.17, 15) is 0 Å². The monoisotopic (exact) mass is 252 g/mol. The first-order valence-corrected chi connectivity index (χ1v) is 7.11. The highest BCUT2D eigenvalue weighted by atomic mass is 15.1. The zero-order chi connectivity index (χ0) is 12.9. The number of anilines is 1. The van der Waals surface area contributed by atoms with Gasteiger partial charge in [-0.2, -0.15) is 0 Å². The van der Waals surface area contributed by atoms with E-state index in [1.165, 1.54) is 43.6 Å². The Kier molecular flexibility index (Phi) is 3.78. The molecule has 0 bridgehead atoms. The average molecular weight is 252 g/mol. The van der Waals surface area contributed by atoms with Crippen molar-refractivity contribution in [2.24, 2.45) is 5.92 Å². The van der Waals surface area contributed by atoms with E-state index < -0.39 is 0 Å². The number of benzene rings is 1. The number of nitrogens with zero attached hydrogens (tertiary/aromatic N) is 2. The molecular weight excluding hydrogens is 232 g/mol. The van der Waals surface area contributed by atoms with Crippen LogP contribution in [-0.2, 0) is 6.42 Å². The van der Waals surface area contributed by atoms with Gasteiger partial charge in [-0.15, -0.1) is 0 Å². The van der Waals surface area contributed by atoms with Crippen LogP contribution in [0.25, 0.3) is 0 Å². The third-order valence-corrected chi connectivity index (χ3v) is 4.01. The Balaban J connectivity index is 1.55. The van der Waals surface area contributed by atoms with Crippen LogP contribution in [0.2, 0.25) is 0 Å². The summed E-state index contributed by atoms with van der Waals surface area (Å²) in [7, 11) is 0. The van der Waals surface area contributed by atoms with Crippen molar-refractivity contribution < 1.29 is 0 Å². The Morgan fingerprint density at radius 2 is 1.63 bits per heavy atom. The van der Waals surface area contributed by atoms with Gasteiger partial charge in [0, 0.05) is 31.2 Å². The van der Waals surface area contributed by atoms with E-state index in [4.69, 9.17) is 0 Å². The lowest BCUT2D eigenvalue weighted by Crippen LogP contribution is -2.34. The topological polar surface area (TPSA) is 16.1 Å². The molecule has 0 amide bonds. The average Bonchev–Trinajstić information content (AvgIpc) is 2.50. The van der Waals surface area contributed by atoms with Gasteiger partial charge in [-0.3, -0.25) is 4.98 Å². The van der Waals surface area contributed by atoms with Gasteiger partial charge < -0.3 is 4.90 Å². The highest BCUT2D eigenvalue weighted by molar-refractivity contribution is 5.44. The van der Waals surface area contributed by atoms with Crippen molar-refractivity contribution >= 4 is 5.69 Å². The molecule has 0 spiro atoms. The van der Waals surface area contributed by atoms with E-state index in [-0.39, 0.29) is 0 Å². The van der Waals surface area contributed by atoms with E-state index in [1.54, 1.807) is 0 Å². The lowest BCUT2D eigenvalue weighted by molar-refractivity contribution is 0.403. The zero-order valence-electron chi connectivity index (χ0n) is 11.2. The van der Waals surface area contributed by atoms with E-state index in [2.05, 4.69) is 52.3 Å². The van der Waals surface area contributed by atoms with Crippen molar-refractivity contribution in [2.45, 2.75) is 19.3 Å². The number of aromatic nitrogens is 1. The molecule has 0 atom stereocenters. The Morgan fingerprint density at radius 1 is 0.947 bits per heavy atom. The minimum absolute atomic E-state index is 0.834. The molecule has 2 heterocycles. The Bertz CT molecular complexity index is 487. The zero-order valence-corrected chi connectivity index (χ0v) is 11.2. The number of piperidine rings is 1. The molecule has 0 saturated carbocycles. The molecule has 1 aromatic heterocycles. The third kappa shape index (κ3) is 3.14. The van der Waals surface area contributed by atoms with Gasteiger partial charge in [0.15, 0.2) is 0 Å². The molecule has 3 rings (SSSR count). The van der Waals surface area contributed by atoms with Crippen LogP contribution in [0.1, 0.15) is 18.4 Å². The van der Waals surface area contributed by atoms with Crippen molar-refractivity contribution in [3.63, 3.8) is 0 Å². The summed E-state index contributed by atoms with van der Waals surface area (Å²) in [5.74, 6) is 0.834. The molecule has 98 valence electrons. The van der Waals surface area contributed by atoms with Crippen LogP contribution in [-0.4, -0.2) is 18.1 Å². The molecule has 0 aliphatic carbocycles. The van der Waals surface area contributed by atoms with Crippen molar-refractivity contribution in [2.75, 3.05) is 18.0 Å². The van der Waals surface area contributed by atoms with E-state index in [0.717, 1.165) is 5.92 Å². The minimum Gasteiger partial charge on any atom is -0.371 e. The van der Waals surface area contributed by atoms with Gasteiger partial charge >= 0.3 is 0 Å². The molecule has 1 aliphatic rings. The maximum absolute atomic E-state index is 4.08. The van der Waals surface area contributed by atoms with Gasteiger partial charge in [0.05, 0.1) is 0 Å². The first-order valence-electron chi connectivity index (χ1n) is 7.11. The molecule has 1 saturated heterocycles. The predicted octanol–water partition coefficient (Wildman–Crippen LogP) is 3.54. The van der Waals surface area contributed by atoms with Crippen molar-refractivity contribution in [1.29, 1.82) is 0 Å². The Labute approximate surface area is 115 Å². The van der Waals surface area contributed by atoms with Crippen molar-refractivity contribution in [1.82, 2.24) is 4.98 Å². The molecule has 1 fully saturated rings. The quantitative estimate of drug-likeness (QED) is 0.830. The van der Waals surface area contributed by atoms with Crippen molar-refractivity contribution in [3.05, 3.63) is 60.4 Å². The van der Waals surface area contributed by atoms with Gasteiger partial charge in [0.1, 0.15) is 0 Å². The maximum Gasteiger partial charge on any atom is 0.0397 e. The lowest BCUT2D eigenvalue weighted by Gasteiger charge is -2.33. The molecule has 1 aromatic carbocycles. The maximum atomic E-state index is 4.08. The second kappa shape index (κ2) is 5.87. The second-order valence-electron chi connectivity index (χ2n) is 5.33. The van der Waals surface area contributed by atoms with Crippen LogP contribution in [0, 0.1) is 5.92 Å². The molecule has 2 heteroatoms. The van der Waals surface area contributed by atoms with E-state index in [0.29, 0.717) is 0 Å². The summed E-state index contributed by atoms with van der Waals surface area (Å²) in [6, 6.07) is 15.1. The van der Waals surface area contributed by atoms with Crippen LogP contribution in [0.5, 0.6) is 0 Å². The summed E-state index contributed by atoms with van der Waals surface area (Å²) >= 11 is 0. The highest BCUT2D eigenvalue weighted by Gasteiger charge is 2.19. The number of pyridine rings is 1. The summed E-state index contributed by atoms with van der Waals surface area (Å²) < 4.78 is 0. The molecule has 0 N–H and O–H groups in total. The normalized spacial score (nSPS) is 16.5. The molecule has 2 aromatic rings. The fraction of sp³-hybridized carbons (Fsp3) is 0.353.